The van der Waals surface area contributed by atoms with Gasteiger partial charge in [-0.15, -0.1) is 0 Å². The summed E-state index contributed by atoms with van der Waals surface area (Å²) in [5.41, 5.74) is 4.41. The van der Waals surface area contributed by atoms with Crippen molar-refractivity contribution in [1.29, 1.82) is 0 Å². The maximum absolute atomic E-state index is 11.8. The number of benzene rings is 1. The number of hydrogen-bond donors (Lipinski definition) is 2. The van der Waals surface area contributed by atoms with Gasteiger partial charge in [0.25, 0.3) is 0 Å². The molecule has 1 heterocycles. The van der Waals surface area contributed by atoms with Gasteiger partial charge < -0.3 is 15.2 Å². The molecule has 3 rings (SSSR count). The number of carbonyl (C=O) groups excluding carboxylic acids is 1. The minimum Gasteiger partial charge on any atom is -0.481 e. The molecule has 0 unspecified atom stereocenters. The normalized spacial score (nSPS) is 13.7. The van der Waals surface area contributed by atoms with Gasteiger partial charge in [0.1, 0.15) is 0 Å². The molecular formula is C35H58BrClN2O3. The molecule has 0 aliphatic heterocycles. The third-order valence-electron chi connectivity index (χ3n) is 7.56. The van der Waals surface area contributed by atoms with Gasteiger partial charge in [-0.3, -0.25) is 4.79 Å². The first-order valence-electron chi connectivity index (χ1n) is 15.8. The van der Waals surface area contributed by atoms with Crippen LogP contribution in [0.15, 0.2) is 28.7 Å². The van der Waals surface area contributed by atoms with Gasteiger partial charge in [0, 0.05) is 33.7 Å². The van der Waals surface area contributed by atoms with Gasteiger partial charge in [-0.05, 0) is 90.4 Å². The lowest BCUT2D eigenvalue weighted by atomic mass is 9.85. The van der Waals surface area contributed by atoms with Crippen molar-refractivity contribution in [3.63, 3.8) is 0 Å². The van der Waals surface area contributed by atoms with E-state index in [1.165, 1.54) is 17.5 Å². The maximum Gasteiger partial charge on any atom is 0.222 e. The van der Waals surface area contributed by atoms with E-state index in [4.69, 9.17) is 21.4 Å². The first-order valence-corrected chi connectivity index (χ1v) is 17.0. The zero-order valence-corrected chi connectivity index (χ0v) is 30.5. The van der Waals surface area contributed by atoms with Crippen molar-refractivity contribution in [3.05, 3.63) is 44.9 Å². The molecule has 1 aliphatic carbocycles. The first-order chi connectivity index (χ1) is 19.9. The molecule has 0 spiro atoms. The van der Waals surface area contributed by atoms with Gasteiger partial charge >= 0.3 is 0 Å². The molecule has 0 bridgehead atoms. The fourth-order valence-electron chi connectivity index (χ4n) is 4.64. The Morgan fingerprint density at radius 1 is 1.19 bits per heavy atom. The van der Waals surface area contributed by atoms with Crippen LogP contribution in [0.25, 0.3) is 11.3 Å². The standard InChI is InChI=1S/C16H15BrClNO.C14H29NO.C3H8O.C2H6/c1-9-6-7-10-8-13(19-16(20-2)14(9)10)11-4-3-5-12(17)15(11)18;1-7-14(8-2,10-9-11(3)4)15-13(16)12(5)6;1-2-3-4;1-2/h3-5,8-9H,6-7H2,1-2H3;11-12H,7-10H2,1-6H3,(H,15,16);4H,2-3H2,1H3;1-2H3/t9-;;;/m0.../s1. The highest BCUT2D eigenvalue weighted by molar-refractivity contribution is 9.10. The fraction of sp³-hybridized carbons (Fsp3) is 0.657. The molecule has 0 saturated carbocycles. The number of rotatable bonds is 10. The molecule has 2 N–H and O–H groups in total. The van der Waals surface area contributed by atoms with Gasteiger partial charge in [-0.1, -0.05) is 93.0 Å². The van der Waals surface area contributed by atoms with Crippen molar-refractivity contribution >= 4 is 33.4 Å². The largest absolute Gasteiger partial charge is 0.481 e. The Hall–Kier alpha value is -1.63. The smallest absolute Gasteiger partial charge is 0.222 e. The van der Waals surface area contributed by atoms with E-state index in [9.17, 15) is 4.79 Å². The van der Waals surface area contributed by atoms with Crippen molar-refractivity contribution in [2.45, 2.75) is 126 Å². The van der Waals surface area contributed by atoms with Crippen molar-refractivity contribution in [2.75, 3.05) is 13.7 Å². The number of amides is 1. The van der Waals surface area contributed by atoms with Gasteiger partial charge in [0.05, 0.1) is 17.8 Å². The Kier molecular flexibility index (Phi) is 20.3. The van der Waals surface area contributed by atoms with E-state index in [2.05, 4.69) is 66.9 Å². The molecule has 1 aliphatic rings. The van der Waals surface area contributed by atoms with Crippen LogP contribution < -0.4 is 10.1 Å². The van der Waals surface area contributed by atoms with E-state index in [1.54, 1.807) is 7.11 Å². The van der Waals surface area contributed by atoms with Crippen LogP contribution in [0.1, 0.15) is 125 Å². The molecule has 1 aromatic heterocycles. The molecule has 0 fully saturated rings. The van der Waals surface area contributed by atoms with Crippen LogP contribution in [0.3, 0.4) is 0 Å². The van der Waals surface area contributed by atoms with Crippen molar-refractivity contribution in [2.24, 2.45) is 11.8 Å². The van der Waals surface area contributed by atoms with Crippen molar-refractivity contribution in [3.8, 4) is 17.1 Å². The third-order valence-corrected chi connectivity index (χ3v) is 8.86. The van der Waals surface area contributed by atoms with Crippen LogP contribution >= 0.6 is 27.5 Å². The topological polar surface area (TPSA) is 71.5 Å². The lowest BCUT2D eigenvalue weighted by Crippen LogP contribution is -2.49. The number of fused-ring (bicyclic) bond motifs is 1. The monoisotopic (exact) mass is 668 g/mol. The van der Waals surface area contributed by atoms with E-state index in [-0.39, 0.29) is 17.4 Å². The second kappa shape index (κ2) is 21.1. The highest BCUT2D eigenvalue weighted by atomic mass is 79.9. The van der Waals surface area contributed by atoms with Crippen molar-refractivity contribution < 1.29 is 14.6 Å². The number of hydrogen-bond acceptors (Lipinski definition) is 4. The molecule has 1 aromatic carbocycles. The molecule has 1 amide bonds. The quantitative estimate of drug-likeness (QED) is 0.264. The Bertz CT molecular complexity index is 1050. The summed E-state index contributed by atoms with van der Waals surface area (Å²) in [6.45, 7) is 21.2. The molecule has 5 nitrogen and oxygen atoms in total. The van der Waals surface area contributed by atoms with E-state index in [0.29, 0.717) is 23.5 Å². The Morgan fingerprint density at radius 3 is 2.26 bits per heavy atom. The summed E-state index contributed by atoms with van der Waals surface area (Å²) in [5, 5.41) is 11.8. The van der Waals surface area contributed by atoms with Crippen LogP contribution in [-0.4, -0.2) is 35.3 Å². The number of nitrogens with one attached hydrogen (secondary N) is 1. The summed E-state index contributed by atoms with van der Waals surface area (Å²) in [6, 6.07) is 8.03. The average molecular weight is 670 g/mol. The van der Waals surface area contributed by atoms with E-state index in [1.807, 2.05) is 52.8 Å². The first kappa shape index (κ1) is 40.4. The highest BCUT2D eigenvalue weighted by Crippen LogP contribution is 2.41. The lowest BCUT2D eigenvalue weighted by molar-refractivity contribution is -0.126. The van der Waals surface area contributed by atoms with Gasteiger partial charge in [-0.2, -0.15) is 0 Å². The van der Waals surface area contributed by atoms with Gasteiger partial charge in [0.2, 0.25) is 11.8 Å². The van der Waals surface area contributed by atoms with Crippen LogP contribution in [0.5, 0.6) is 5.88 Å². The predicted molar refractivity (Wildman–Crippen MR) is 185 cm³/mol. The fourth-order valence-corrected chi connectivity index (χ4v) is 5.23. The molecule has 240 valence electrons. The van der Waals surface area contributed by atoms with E-state index >= 15 is 0 Å². The average Bonchev–Trinajstić information content (AvgIpc) is 3.37. The highest BCUT2D eigenvalue weighted by Gasteiger charge is 2.29. The molecule has 42 heavy (non-hydrogen) atoms. The Labute approximate surface area is 270 Å². The second-order valence-corrected chi connectivity index (χ2v) is 12.7. The molecule has 0 radical (unpaired) electrons. The van der Waals surface area contributed by atoms with E-state index < -0.39 is 0 Å². The van der Waals surface area contributed by atoms with Gasteiger partial charge in [0.15, 0.2) is 0 Å². The molecule has 2 aromatic rings. The van der Waals surface area contributed by atoms with Gasteiger partial charge in [-0.25, -0.2) is 4.98 Å². The lowest BCUT2D eigenvalue weighted by Gasteiger charge is -2.34. The van der Waals surface area contributed by atoms with Crippen LogP contribution in [-0.2, 0) is 11.2 Å². The predicted octanol–water partition coefficient (Wildman–Crippen LogP) is 10.4. The number of halogens is 2. The van der Waals surface area contributed by atoms with E-state index in [0.717, 1.165) is 60.1 Å². The number of ether oxygens (including phenoxy) is 1. The summed E-state index contributed by atoms with van der Waals surface area (Å²) in [6.07, 6.45) is 7.43. The summed E-state index contributed by atoms with van der Waals surface area (Å²) >= 11 is 9.84. The van der Waals surface area contributed by atoms with Crippen molar-refractivity contribution in [1.82, 2.24) is 10.3 Å². The number of carbonyl (C=O) groups is 1. The van der Waals surface area contributed by atoms with Crippen LogP contribution in [0.4, 0.5) is 0 Å². The molecule has 1 atom stereocenters. The summed E-state index contributed by atoms with van der Waals surface area (Å²) in [7, 11) is 1.68. The number of pyridine rings is 1. The summed E-state index contributed by atoms with van der Waals surface area (Å²) in [5.74, 6) is 2.22. The minimum atomic E-state index is 0.0195. The number of aliphatic hydroxyl groups excluding tert-OH is 1. The molecule has 0 saturated heterocycles. The SMILES string of the molecule is CC.CCC(CC)(CCC(C)C)NC(=O)C(C)C.CCCO.COc1nc(-c2cccc(Br)c2Cl)cc2c1[C@@H](C)CC2. The number of aryl methyl sites for hydroxylation is 1. The number of methoxy groups -OCH3 is 1. The minimum absolute atomic E-state index is 0.0195. The van der Waals surface area contributed by atoms with Crippen LogP contribution in [0.2, 0.25) is 5.02 Å². The maximum atomic E-state index is 11.8. The summed E-state index contributed by atoms with van der Waals surface area (Å²) in [4.78, 5) is 16.5. The molecular weight excluding hydrogens is 612 g/mol. The summed E-state index contributed by atoms with van der Waals surface area (Å²) < 4.78 is 6.37. The third kappa shape index (κ3) is 12.5. The number of nitrogens with zero attached hydrogens (tertiary/aromatic N) is 1. The zero-order chi connectivity index (χ0) is 32.5. The zero-order valence-electron chi connectivity index (χ0n) is 28.2. The Balaban J connectivity index is 0.000000689. The van der Waals surface area contributed by atoms with Crippen LogP contribution in [0, 0.1) is 11.8 Å². The number of aliphatic hydroxyl groups is 1. The second-order valence-electron chi connectivity index (χ2n) is 11.4. The Morgan fingerprint density at radius 2 is 1.79 bits per heavy atom. The molecule has 7 heteroatoms. The number of aromatic nitrogens is 1.